The molecule has 2 aromatic rings. The summed E-state index contributed by atoms with van der Waals surface area (Å²) in [5.41, 5.74) is 1.72. The van der Waals surface area contributed by atoms with Crippen molar-refractivity contribution in [2.45, 2.75) is 0 Å². The lowest BCUT2D eigenvalue weighted by molar-refractivity contribution is 0.0831. The highest BCUT2D eigenvalue weighted by Crippen LogP contribution is 2.21. The fourth-order valence-electron chi connectivity index (χ4n) is 1.82. The van der Waals surface area contributed by atoms with E-state index in [0.717, 1.165) is 11.3 Å². The summed E-state index contributed by atoms with van der Waals surface area (Å²) in [6.45, 7) is 0. The normalized spacial score (nSPS) is 11.2. The molecule has 2 nitrogen and oxygen atoms in total. The van der Waals surface area contributed by atoms with Crippen LogP contribution in [0.2, 0.25) is 0 Å². The molecule has 0 atom stereocenters. The minimum atomic E-state index is 0.0943. The number of amides is 1. The van der Waals surface area contributed by atoms with E-state index in [1.54, 1.807) is 0 Å². The first kappa shape index (κ1) is 11.6. The predicted octanol–water partition coefficient (Wildman–Crippen LogP) is 3.09. The van der Waals surface area contributed by atoms with Crippen LogP contribution in [0.4, 0.5) is 5.69 Å². The van der Waals surface area contributed by atoms with Gasteiger partial charge in [0.05, 0.1) is 19.7 Å². The number of quaternary nitrogens is 1. The van der Waals surface area contributed by atoms with Crippen molar-refractivity contribution >= 4 is 11.6 Å². The average molecular weight is 226 g/mol. The number of para-hydroxylation sites is 1. The van der Waals surface area contributed by atoms with E-state index in [0.29, 0.717) is 0 Å². The molecule has 2 heteroatoms. The highest BCUT2D eigenvalue weighted by atomic mass is 16.2. The van der Waals surface area contributed by atoms with Crippen LogP contribution in [0.1, 0.15) is 10.4 Å². The molecular weight excluding hydrogens is 210 g/mol. The van der Waals surface area contributed by atoms with Gasteiger partial charge in [0.15, 0.2) is 0 Å². The Kier molecular flexibility index (Phi) is 3.07. The van der Waals surface area contributed by atoms with Gasteiger partial charge in [0.1, 0.15) is 5.69 Å². The van der Waals surface area contributed by atoms with E-state index in [4.69, 9.17) is 0 Å². The minimum Gasteiger partial charge on any atom is -0.229 e. The summed E-state index contributed by atoms with van der Waals surface area (Å²) < 4.78 is 0.227. The average Bonchev–Trinajstić information content (AvgIpc) is 2.40. The topological polar surface area (TPSA) is 17.1 Å². The number of rotatable bonds is 2. The van der Waals surface area contributed by atoms with Gasteiger partial charge in [0.2, 0.25) is 0 Å². The van der Waals surface area contributed by atoms with Gasteiger partial charge in [-0.05, 0) is 24.3 Å². The monoisotopic (exact) mass is 226 g/mol. The third kappa shape index (κ3) is 2.27. The molecule has 0 unspecified atom stereocenters. The molecule has 0 saturated carbocycles. The zero-order valence-corrected chi connectivity index (χ0v) is 10.1. The second kappa shape index (κ2) is 4.52. The van der Waals surface area contributed by atoms with Gasteiger partial charge in [-0.2, -0.15) is 0 Å². The maximum Gasteiger partial charge on any atom is 0.350 e. The molecule has 0 spiro atoms. The minimum absolute atomic E-state index is 0.0943. The highest BCUT2D eigenvalue weighted by Gasteiger charge is 2.30. The Bertz CT molecular complexity index is 503. The molecular formula is C15H16NO+. The van der Waals surface area contributed by atoms with Crippen molar-refractivity contribution in [3.8, 4) is 0 Å². The van der Waals surface area contributed by atoms with Gasteiger partial charge in [-0.25, -0.2) is 9.28 Å². The fraction of sp³-hybridized carbons (Fsp3) is 0.133. The molecule has 0 aliphatic rings. The van der Waals surface area contributed by atoms with Crippen molar-refractivity contribution in [2.75, 3.05) is 14.1 Å². The summed E-state index contributed by atoms with van der Waals surface area (Å²) in [5, 5.41) is 0. The molecule has 2 rings (SSSR count). The summed E-state index contributed by atoms with van der Waals surface area (Å²) in [6, 6.07) is 19.2. The van der Waals surface area contributed by atoms with Gasteiger partial charge in [0.25, 0.3) is 0 Å². The van der Waals surface area contributed by atoms with Crippen LogP contribution < -0.4 is 4.48 Å². The smallest absolute Gasteiger partial charge is 0.229 e. The number of nitrogens with zero attached hydrogens (tertiary/aromatic N) is 1. The van der Waals surface area contributed by atoms with Crippen LogP contribution in [0.15, 0.2) is 60.7 Å². The van der Waals surface area contributed by atoms with Crippen molar-refractivity contribution < 1.29 is 4.79 Å². The summed E-state index contributed by atoms with van der Waals surface area (Å²) in [7, 11) is 3.81. The molecule has 17 heavy (non-hydrogen) atoms. The Hall–Kier alpha value is -1.93. The summed E-state index contributed by atoms with van der Waals surface area (Å²) in [5.74, 6) is 0.0943. The van der Waals surface area contributed by atoms with Crippen LogP contribution in [0, 0.1) is 0 Å². The Balaban J connectivity index is 2.37. The van der Waals surface area contributed by atoms with Crippen LogP contribution in [-0.4, -0.2) is 20.0 Å². The van der Waals surface area contributed by atoms with Crippen LogP contribution in [0.25, 0.3) is 0 Å². The number of benzene rings is 2. The van der Waals surface area contributed by atoms with Crippen LogP contribution >= 0.6 is 0 Å². The second-order valence-corrected chi connectivity index (χ2v) is 4.46. The first-order chi connectivity index (χ1) is 8.12. The number of hydrogen-bond acceptors (Lipinski definition) is 1. The summed E-state index contributed by atoms with van der Waals surface area (Å²) >= 11 is 0. The molecule has 2 aromatic carbocycles. The zero-order chi connectivity index (χ0) is 12.3. The lowest BCUT2D eigenvalue weighted by atomic mass is 10.1. The van der Waals surface area contributed by atoms with E-state index < -0.39 is 0 Å². The third-order valence-electron chi connectivity index (χ3n) is 2.93. The number of carbonyl (C=O) groups excluding carboxylic acids is 1. The number of carbonyl (C=O) groups is 1. The Morgan fingerprint density at radius 2 is 1.29 bits per heavy atom. The third-order valence-corrected chi connectivity index (χ3v) is 2.93. The predicted molar refractivity (Wildman–Crippen MR) is 70.9 cm³/mol. The van der Waals surface area contributed by atoms with Gasteiger partial charge in [-0.3, -0.25) is 0 Å². The molecule has 0 heterocycles. The molecule has 0 aromatic heterocycles. The van der Waals surface area contributed by atoms with Crippen molar-refractivity contribution in [3.63, 3.8) is 0 Å². The Morgan fingerprint density at radius 1 is 0.824 bits per heavy atom. The van der Waals surface area contributed by atoms with E-state index in [-0.39, 0.29) is 10.4 Å². The quantitative estimate of drug-likeness (QED) is 0.719. The van der Waals surface area contributed by atoms with Gasteiger partial charge in [0, 0.05) is 0 Å². The molecule has 0 saturated heterocycles. The van der Waals surface area contributed by atoms with E-state index in [9.17, 15) is 4.79 Å². The molecule has 0 aliphatic heterocycles. The lowest BCUT2D eigenvalue weighted by Crippen LogP contribution is -2.46. The van der Waals surface area contributed by atoms with Crippen molar-refractivity contribution in [2.24, 2.45) is 0 Å². The molecule has 0 N–H and O–H groups in total. The standard InChI is InChI=1S/C15H16NO/c1-16(2,14-11-7-4-8-12-14)15(17)13-9-5-3-6-10-13/h3-12H,1-2H3/q+1. The molecule has 86 valence electrons. The first-order valence-electron chi connectivity index (χ1n) is 5.62. The molecule has 0 radical (unpaired) electrons. The number of hydrogen-bond donors (Lipinski definition) is 0. The van der Waals surface area contributed by atoms with Gasteiger partial charge in [-0.15, -0.1) is 0 Å². The first-order valence-corrected chi connectivity index (χ1v) is 5.62. The maximum atomic E-state index is 12.4. The largest absolute Gasteiger partial charge is 0.350 e. The van der Waals surface area contributed by atoms with E-state index in [1.165, 1.54) is 0 Å². The molecule has 0 fully saturated rings. The Labute approximate surface area is 102 Å². The van der Waals surface area contributed by atoms with Crippen LogP contribution in [0.5, 0.6) is 0 Å². The van der Waals surface area contributed by atoms with Crippen molar-refractivity contribution in [1.82, 2.24) is 4.48 Å². The summed E-state index contributed by atoms with van der Waals surface area (Å²) in [4.78, 5) is 12.4. The van der Waals surface area contributed by atoms with Gasteiger partial charge < -0.3 is 0 Å². The van der Waals surface area contributed by atoms with E-state index in [2.05, 4.69) is 0 Å². The summed E-state index contributed by atoms with van der Waals surface area (Å²) in [6.07, 6.45) is 0. The molecule has 0 bridgehead atoms. The molecule has 0 aliphatic carbocycles. The SMILES string of the molecule is C[N+](C)(C(=O)c1ccccc1)c1ccccc1. The second-order valence-electron chi connectivity index (χ2n) is 4.46. The fourth-order valence-corrected chi connectivity index (χ4v) is 1.82. The van der Waals surface area contributed by atoms with Crippen LogP contribution in [-0.2, 0) is 0 Å². The highest BCUT2D eigenvalue weighted by molar-refractivity contribution is 6.01. The van der Waals surface area contributed by atoms with Gasteiger partial charge >= 0.3 is 5.91 Å². The van der Waals surface area contributed by atoms with Crippen molar-refractivity contribution in [3.05, 3.63) is 66.2 Å². The van der Waals surface area contributed by atoms with Gasteiger partial charge in [-0.1, -0.05) is 36.4 Å². The van der Waals surface area contributed by atoms with Crippen molar-refractivity contribution in [1.29, 1.82) is 0 Å². The van der Waals surface area contributed by atoms with Crippen LogP contribution in [0.3, 0.4) is 0 Å². The zero-order valence-electron chi connectivity index (χ0n) is 10.1. The van der Waals surface area contributed by atoms with E-state index in [1.807, 2.05) is 74.8 Å². The van der Waals surface area contributed by atoms with E-state index >= 15 is 0 Å². The molecule has 1 amide bonds. The Morgan fingerprint density at radius 3 is 1.82 bits per heavy atom. The lowest BCUT2D eigenvalue weighted by Gasteiger charge is -2.26. The maximum absolute atomic E-state index is 12.4.